The molecule has 0 saturated heterocycles. The van der Waals surface area contributed by atoms with Gasteiger partial charge in [0.25, 0.3) is 0 Å². The van der Waals surface area contributed by atoms with E-state index < -0.39 is 0 Å². The van der Waals surface area contributed by atoms with Gasteiger partial charge in [0.15, 0.2) is 5.82 Å². The topological polar surface area (TPSA) is 75.9 Å². The van der Waals surface area contributed by atoms with Gasteiger partial charge >= 0.3 is 0 Å². The third-order valence-electron chi connectivity index (χ3n) is 3.31. The molecule has 1 aromatic heterocycles. The molecule has 0 aliphatic heterocycles. The number of hydrogen-bond donors (Lipinski definition) is 2. The molecule has 6 heteroatoms. The third kappa shape index (κ3) is 2.12. The highest BCUT2D eigenvalue weighted by atomic mass is 16.3. The summed E-state index contributed by atoms with van der Waals surface area (Å²) in [4.78, 5) is 0. The summed E-state index contributed by atoms with van der Waals surface area (Å²) in [7, 11) is 0. The molecule has 0 unspecified atom stereocenters. The molecule has 18 heavy (non-hydrogen) atoms. The maximum absolute atomic E-state index is 9.25. The Morgan fingerprint density at radius 1 is 1.28 bits per heavy atom. The largest absolute Gasteiger partial charge is 0.394 e. The fourth-order valence-corrected chi connectivity index (χ4v) is 1.89. The molecule has 3 rings (SSSR count). The summed E-state index contributed by atoms with van der Waals surface area (Å²) in [5.41, 5.74) is 0.834. The molecule has 1 aliphatic rings. The smallest absolute Gasteiger partial charge is 0.170 e. The molecule has 94 valence electrons. The van der Waals surface area contributed by atoms with E-state index in [1.807, 2.05) is 30.3 Å². The first-order valence-corrected chi connectivity index (χ1v) is 6.02. The van der Waals surface area contributed by atoms with Gasteiger partial charge in [-0.15, -0.1) is 5.10 Å². The number of benzene rings is 1. The quantitative estimate of drug-likeness (QED) is 0.791. The van der Waals surface area contributed by atoms with Crippen molar-refractivity contribution >= 4 is 0 Å². The fraction of sp³-hybridized carbons (Fsp3) is 0.417. The van der Waals surface area contributed by atoms with Crippen LogP contribution in [0, 0.1) is 0 Å². The van der Waals surface area contributed by atoms with E-state index in [-0.39, 0.29) is 12.1 Å². The van der Waals surface area contributed by atoms with Crippen molar-refractivity contribution in [3.8, 4) is 5.69 Å². The van der Waals surface area contributed by atoms with Gasteiger partial charge in [-0.2, -0.15) is 4.68 Å². The van der Waals surface area contributed by atoms with Crippen LogP contribution in [0.2, 0.25) is 0 Å². The van der Waals surface area contributed by atoms with Crippen LogP contribution >= 0.6 is 0 Å². The summed E-state index contributed by atoms with van der Waals surface area (Å²) in [5.74, 6) is 0.751. The second-order valence-electron chi connectivity index (χ2n) is 4.63. The van der Waals surface area contributed by atoms with Gasteiger partial charge in [-0.05, 0) is 35.4 Å². The molecule has 1 fully saturated rings. The van der Waals surface area contributed by atoms with Crippen LogP contribution in [0.15, 0.2) is 30.3 Å². The van der Waals surface area contributed by atoms with Crippen molar-refractivity contribution in [2.24, 2.45) is 0 Å². The summed E-state index contributed by atoms with van der Waals surface area (Å²) in [6.07, 6.45) is 2.02. The summed E-state index contributed by atoms with van der Waals surface area (Å²) in [6.45, 7) is 0.725. The Morgan fingerprint density at radius 3 is 2.72 bits per heavy atom. The predicted molar refractivity (Wildman–Crippen MR) is 65.0 cm³/mol. The summed E-state index contributed by atoms with van der Waals surface area (Å²) >= 11 is 0. The number of rotatable bonds is 5. The molecule has 0 radical (unpaired) electrons. The van der Waals surface area contributed by atoms with Crippen LogP contribution in [-0.2, 0) is 6.54 Å². The highest BCUT2D eigenvalue weighted by Gasteiger charge is 2.41. The van der Waals surface area contributed by atoms with Gasteiger partial charge in [0, 0.05) is 5.54 Å². The van der Waals surface area contributed by atoms with E-state index >= 15 is 0 Å². The lowest BCUT2D eigenvalue weighted by molar-refractivity contribution is 0.228. The second-order valence-corrected chi connectivity index (χ2v) is 4.63. The van der Waals surface area contributed by atoms with Crippen molar-refractivity contribution in [2.45, 2.75) is 24.9 Å². The zero-order chi connectivity index (χ0) is 12.4. The third-order valence-corrected chi connectivity index (χ3v) is 3.31. The van der Waals surface area contributed by atoms with E-state index in [1.165, 1.54) is 0 Å². The Kier molecular flexibility index (Phi) is 2.81. The Labute approximate surface area is 105 Å². The molecule has 1 saturated carbocycles. The summed E-state index contributed by atoms with van der Waals surface area (Å²) in [5, 5.41) is 24.3. The van der Waals surface area contributed by atoms with E-state index in [9.17, 15) is 5.11 Å². The number of aromatic nitrogens is 4. The van der Waals surface area contributed by atoms with Crippen LogP contribution in [0.3, 0.4) is 0 Å². The van der Waals surface area contributed by atoms with Crippen molar-refractivity contribution in [1.29, 1.82) is 0 Å². The Morgan fingerprint density at radius 2 is 2.06 bits per heavy atom. The molecule has 0 bridgehead atoms. The first-order valence-electron chi connectivity index (χ1n) is 6.02. The molecule has 1 heterocycles. The van der Waals surface area contributed by atoms with Crippen LogP contribution < -0.4 is 5.32 Å². The number of para-hydroxylation sites is 1. The minimum Gasteiger partial charge on any atom is -0.394 e. The van der Waals surface area contributed by atoms with Gasteiger partial charge in [0.1, 0.15) is 0 Å². The highest BCUT2D eigenvalue weighted by Crippen LogP contribution is 2.34. The fourth-order valence-electron chi connectivity index (χ4n) is 1.89. The van der Waals surface area contributed by atoms with E-state index in [0.29, 0.717) is 6.54 Å². The number of tetrazole rings is 1. The van der Waals surface area contributed by atoms with E-state index in [2.05, 4.69) is 20.8 Å². The number of nitrogens with one attached hydrogen (secondary N) is 1. The average molecular weight is 245 g/mol. The molecule has 6 nitrogen and oxygen atoms in total. The van der Waals surface area contributed by atoms with Crippen LogP contribution in [0.5, 0.6) is 0 Å². The van der Waals surface area contributed by atoms with Gasteiger partial charge in [-0.25, -0.2) is 0 Å². The minimum atomic E-state index is -0.104. The van der Waals surface area contributed by atoms with Gasteiger partial charge < -0.3 is 10.4 Å². The Balaban J connectivity index is 1.76. The normalized spacial score (nSPS) is 16.7. The number of aliphatic hydroxyl groups excluding tert-OH is 1. The van der Waals surface area contributed by atoms with Crippen molar-refractivity contribution < 1.29 is 5.11 Å². The lowest BCUT2D eigenvalue weighted by Crippen LogP contribution is -2.35. The van der Waals surface area contributed by atoms with Crippen LogP contribution in [0.25, 0.3) is 5.69 Å². The molecule has 2 N–H and O–H groups in total. The Hall–Kier alpha value is -1.79. The summed E-state index contributed by atoms with van der Waals surface area (Å²) < 4.78 is 1.71. The molecule has 0 atom stereocenters. The van der Waals surface area contributed by atoms with Crippen LogP contribution in [-0.4, -0.2) is 37.5 Å². The number of hydrogen-bond acceptors (Lipinski definition) is 5. The molecule has 0 amide bonds. The molecule has 1 aliphatic carbocycles. The molecular weight excluding hydrogens is 230 g/mol. The average Bonchev–Trinajstić information content (AvgIpc) is 3.07. The van der Waals surface area contributed by atoms with E-state index in [4.69, 9.17) is 0 Å². The van der Waals surface area contributed by atoms with E-state index in [1.54, 1.807) is 4.68 Å². The molecular formula is C12H15N5O. The maximum atomic E-state index is 9.25. The zero-order valence-corrected chi connectivity index (χ0v) is 9.95. The second kappa shape index (κ2) is 4.47. The first-order chi connectivity index (χ1) is 8.83. The van der Waals surface area contributed by atoms with Gasteiger partial charge in [-0.1, -0.05) is 18.2 Å². The number of aliphatic hydroxyl groups is 1. The van der Waals surface area contributed by atoms with Crippen LogP contribution in [0.4, 0.5) is 0 Å². The maximum Gasteiger partial charge on any atom is 0.170 e. The monoisotopic (exact) mass is 245 g/mol. The van der Waals surface area contributed by atoms with Crippen molar-refractivity contribution in [3.63, 3.8) is 0 Å². The van der Waals surface area contributed by atoms with Crippen molar-refractivity contribution in [3.05, 3.63) is 36.2 Å². The van der Waals surface area contributed by atoms with Crippen molar-refractivity contribution in [2.75, 3.05) is 6.61 Å². The van der Waals surface area contributed by atoms with Gasteiger partial charge in [0.05, 0.1) is 18.8 Å². The SMILES string of the molecule is OCC1(NCc2nnnn2-c2ccccc2)CC1. The van der Waals surface area contributed by atoms with E-state index in [0.717, 1.165) is 24.4 Å². The zero-order valence-electron chi connectivity index (χ0n) is 9.95. The lowest BCUT2D eigenvalue weighted by Gasteiger charge is -2.13. The highest BCUT2D eigenvalue weighted by molar-refractivity contribution is 5.30. The molecule has 0 spiro atoms. The predicted octanol–water partition coefficient (Wildman–Crippen LogP) is 0.277. The van der Waals surface area contributed by atoms with Gasteiger partial charge in [-0.3, -0.25) is 0 Å². The van der Waals surface area contributed by atoms with Crippen molar-refractivity contribution in [1.82, 2.24) is 25.5 Å². The van der Waals surface area contributed by atoms with Crippen LogP contribution in [0.1, 0.15) is 18.7 Å². The minimum absolute atomic E-state index is 0.104. The molecule has 1 aromatic carbocycles. The standard InChI is InChI=1S/C12H15N5O/c18-9-12(6-7-12)13-8-11-14-15-16-17(11)10-4-2-1-3-5-10/h1-5,13,18H,6-9H2. The molecule has 2 aromatic rings. The van der Waals surface area contributed by atoms with Gasteiger partial charge in [0.2, 0.25) is 0 Å². The Bertz CT molecular complexity index is 520. The first kappa shape index (κ1) is 11.3. The summed E-state index contributed by atoms with van der Waals surface area (Å²) in [6, 6.07) is 9.77. The number of nitrogens with zero attached hydrogens (tertiary/aromatic N) is 4. The lowest BCUT2D eigenvalue weighted by atomic mass is 10.3.